The first-order chi connectivity index (χ1) is 9.52. The molecule has 1 aromatic rings. The molecular formula is C16H24N2OS. The lowest BCUT2D eigenvalue weighted by Crippen LogP contribution is -2.36. The second kappa shape index (κ2) is 6.44. The van der Waals surface area contributed by atoms with E-state index in [1.807, 2.05) is 18.2 Å². The van der Waals surface area contributed by atoms with Gasteiger partial charge in [-0.25, -0.2) is 0 Å². The van der Waals surface area contributed by atoms with Crippen molar-refractivity contribution < 1.29 is 4.74 Å². The summed E-state index contributed by atoms with van der Waals surface area (Å²) in [6.07, 6.45) is 5.04. The molecule has 1 aliphatic carbocycles. The number of nitrogens with zero attached hydrogens (tertiary/aromatic N) is 1. The molecule has 0 heterocycles. The normalized spacial score (nSPS) is 22.4. The van der Waals surface area contributed by atoms with Crippen LogP contribution in [0.2, 0.25) is 0 Å². The van der Waals surface area contributed by atoms with E-state index in [1.165, 1.54) is 25.7 Å². The summed E-state index contributed by atoms with van der Waals surface area (Å²) in [6.45, 7) is 2.34. The monoisotopic (exact) mass is 292 g/mol. The zero-order valence-corrected chi connectivity index (χ0v) is 13.4. The van der Waals surface area contributed by atoms with Crippen LogP contribution in [0.3, 0.4) is 0 Å². The van der Waals surface area contributed by atoms with Gasteiger partial charge in [-0.05, 0) is 43.7 Å². The highest BCUT2D eigenvalue weighted by atomic mass is 32.1. The summed E-state index contributed by atoms with van der Waals surface area (Å²) in [4.78, 5) is 2.77. The fourth-order valence-corrected chi connectivity index (χ4v) is 3.14. The van der Waals surface area contributed by atoms with E-state index in [0.29, 0.717) is 11.0 Å². The summed E-state index contributed by atoms with van der Waals surface area (Å²) in [6, 6.07) is 6.46. The van der Waals surface area contributed by atoms with E-state index >= 15 is 0 Å². The predicted molar refractivity (Wildman–Crippen MR) is 88.7 cm³/mol. The van der Waals surface area contributed by atoms with Crippen molar-refractivity contribution in [3.05, 3.63) is 23.8 Å². The standard InChI is InChI=1S/C16H24N2OS/c1-11-4-6-12(7-5-11)18(2)15-10-13(19-3)8-9-14(15)16(17)20/h8-12H,4-7H2,1-3H3,(H2,17,20). The summed E-state index contributed by atoms with van der Waals surface area (Å²) in [5.41, 5.74) is 7.87. The van der Waals surface area contributed by atoms with Gasteiger partial charge in [-0.1, -0.05) is 19.1 Å². The number of thiocarbonyl (C=S) groups is 1. The molecule has 3 nitrogen and oxygen atoms in total. The van der Waals surface area contributed by atoms with Gasteiger partial charge in [0.1, 0.15) is 10.7 Å². The molecule has 0 unspecified atom stereocenters. The Morgan fingerprint density at radius 2 is 1.95 bits per heavy atom. The van der Waals surface area contributed by atoms with E-state index in [2.05, 4.69) is 18.9 Å². The average molecular weight is 292 g/mol. The number of ether oxygens (including phenoxy) is 1. The second-order valence-corrected chi connectivity index (χ2v) is 6.21. The van der Waals surface area contributed by atoms with Gasteiger partial charge in [-0.2, -0.15) is 0 Å². The Kier molecular flexibility index (Phi) is 4.86. The quantitative estimate of drug-likeness (QED) is 0.864. The number of benzene rings is 1. The van der Waals surface area contributed by atoms with Crippen molar-refractivity contribution >= 4 is 22.9 Å². The molecule has 1 aromatic carbocycles. The molecule has 0 bridgehead atoms. The molecule has 0 spiro atoms. The number of hydrogen-bond acceptors (Lipinski definition) is 3. The van der Waals surface area contributed by atoms with E-state index in [-0.39, 0.29) is 0 Å². The maximum atomic E-state index is 5.86. The lowest BCUT2D eigenvalue weighted by atomic mass is 9.86. The molecule has 0 aliphatic heterocycles. The van der Waals surface area contributed by atoms with Gasteiger partial charge < -0.3 is 15.4 Å². The molecule has 0 atom stereocenters. The highest BCUT2D eigenvalue weighted by molar-refractivity contribution is 7.80. The van der Waals surface area contributed by atoms with Gasteiger partial charge in [0.25, 0.3) is 0 Å². The van der Waals surface area contributed by atoms with Crippen molar-refractivity contribution in [1.82, 2.24) is 0 Å². The fraction of sp³-hybridized carbons (Fsp3) is 0.562. The largest absolute Gasteiger partial charge is 0.497 e. The molecule has 0 aromatic heterocycles. The molecule has 1 fully saturated rings. The predicted octanol–water partition coefficient (Wildman–Crippen LogP) is 3.34. The third-order valence-electron chi connectivity index (χ3n) is 4.38. The van der Waals surface area contributed by atoms with E-state index < -0.39 is 0 Å². The highest BCUT2D eigenvalue weighted by Crippen LogP contribution is 2.32. The molecule has 2 N–H and O–H groups in total. The van der Waals surface area contributed by atoms with Crippen LogP contribution in [-0.4, -0.2) is 25.2 Å². The van der Waals surface area contributed by atoms with Crippen LogP contribution in [0.4, 0.5) is 5.69 Å². The molecular weight excluding hydrogens is 268 g/mol. The highest BCUT2D eigenvalue weighted by Gasteiger charge is 2.24. The SMILES string of the molecule is COc1ccc(C(N)=S)c(N(C)C2CCC(C)CC2)c1. The maximum Gasteiger partial charge on any atom is 0.120 e. The lowest BCUT2D eigenvalue weighted by molar-refractivity contribution is 0.340. The van der Waals surface area contributed by atoms with Crippen LogP contribution in [0.25, 0.3) is 0 Å². The van der Waals surface area contributed by atoms with E-state index in [4.69, 9.17) is 22.7 Å². The molecule has 20 heavy (non-hydrogen) atoms. The Bertz CT molecular complexity index is 481. The van der Waals surface area contributed by atoms with Gasteiger partial charge in [-0.3, -0.25) is 0 Å². The summed E-state index contributed by atoms with van der Waals surface area (Å²) >= 11 is 5.18. The molecule has 1 saturated carbocycles. The third-order valence-corrected chi connectivity index (χ3v) is 4.60. The smallest absolute Gasteiger partial charge is 0.120 e. The molecule has 4 heteroatoms. The Morgan fingerprint density at radius 3 is 2.50 bits per heavy atom. The van der Waals surface area contributed by atoms with Crippen molar-refractivity contribution in [2.75, 3.05) is 19.1 Å². The number of nitrogens with two attached hydrogens (primary N) is 1. The molecule has 0 saturated heterocycles. The summed E-state index contributed by atoms with van der Waals surface area (Å²) in [5, 5.41) is 0. The van der Waals surface area contributed by atoms with E-state index in [0.717, 1.165) is 22.9 Å². The van der Waals surface area contributed by atoms with Crippen LogP contribution in [0.15, 0.2) is 18.2 Å². The van der Waals surface area contributed by atoms with Gasteiger partial charge in [0.05, 0.1) is 12.8 Å². The van der Waals surface area contributed by atoms with Crippen molar-refractivity contribution in [3.63, 3.8) is 0 Å². The molecule has 1 aliphatic rings. The van der Waals surface area contributed by atoms with Crippen LogP contribution in [0.1, 0.15) is 38.2 Å². The van der Waals surface area contributed by atoms with Crippen molar-refractivity contribution in [1.29, 1.82) is 0 Å². The molecule has 110 valence electrons. The fourth-order valence-electron chi connectivity index (χ4n) is 2.97. The third kappa shape index (κ3) is 3.23. The second-order valence-electron chi connectivity index (χ2n) is 5.77. The van der Waals surface area contributed by atoms with E-state index in [9.17, 15) is 0 Å². The minimum atomic E-state index is 0.443. The maximum absolute atomic E-state index is 5.86. The minimum Gasteiger partial charge on any atom is -0.497 e. The van der Waals surface area contributed by atoms with Crippen LogP contribution >= 0.6 is 12.2 Å². The Labute approximate surface area is 127 Å². The Hall–Kier alpha value is -1.29. The lowest BCUT2D eigenvalue weighted by Gasteiger charge is -2.36. The molecule has 0 amide bonds. The van der Waals surface area contributed by atoms with Crippen LogP contribution in [0, 0.1) is 5.92 Å². The van der Waals surface area contributed by atoms with Crippen molar-refractivity contribution in [2.45, 2.75) is 38.6 Å². The Balaban J connectivity index is 2.27. The van der Waals surface area contributed by atoms with Crippen LogP contribution < -0.4 is 15.4 Å². The molecule has 0 radical (unpaired) electrons. The Morgan fingerprint density at radius 1 is 1.30 bits per heavy atom. The van der Waals surface area contributed by atoms with Crippen LogP contribution in [-0.2, 0) is 0 Å². The topological polar surface area (TPSA) is 38.5 Å². The number of methoxy groups -OCH3 is 1. The first kappa shape index (κ1) is 15.1. The zero-order valence-electron chi connectivity index (χ0n) is 12.6. The zero-order chi connectivity index (χ0) is 14.7. The summed E-state index contributed by atoms with van der Waals surface area (Å²) < 4.78 is 5.33. The molecule has 2 rings (SSSR count). The number of anilines is 1. The summed E-state index contributed by atoms with van der Waals surface area (Å²) in [7, 11) is 3.82. The number of rotatable bonds is 4. The first-order valence-electron chi connectivity index (χ1n) is 7.23. The minimum absolute atomic E-state index is 0.443. The van der Waals surface area contributed by atoms with Crippen molar-refractivity contribution in [2.24, 2.45) is 11.7 Å². The van der Waals surface area contributed by atoms with Gasteiger partial charge >= 0.3 is 0 Å². The van der Waals surface area contributed by atoms with E-state index in [1.54, 1.807) is 7.11 Å². The summed E-state index contributed by atoms with van der Waals surface area (Å²) in [5.74, 6) is 1.69. The van der Waals surface area contributed by atoms with Gasteiger partial charge in [0.15, 0.2) is 0 Å². The number of hydrogen-bond donors (Lipinski definition) is 1. The first-order valence-corrected chi connectivity index (χ1v) is 7.64. The van der Waals surface area contributed by atoms with Gasteiger partial charge in [0.2, 0.25) is 0 Å². The van der Waals surface area contributed by atoms with Crippen molar-refractivity contribution in [3.8, 4) is 5.75 Å². The average Bonchev–Trinajstić information content (AvgIpc) is 2.46. The van der Waals surface area contributed by atoms with Gasteiger partial charge in [-0.15, -0.1) is 0 Å². The van der Waals surface area contributed by atoms with Crippen LogP contribution in [0.5, 0.6) is 5.75 Å². The van der Waals surface area contributed by atoms with Gasteiger partial charge in [0, 0.05) is 24.7 Å².